The third kappa shape index (κ3) is 3.58. The van der Waals surface area contributed by atoms with Gasteiger partial charge in [0, 0.05) is 12.7 Å². The molecule has 0 spiro atoms. The smallest absolute Gasteiger partial charge is 0.162 e. The monoisotopic (exact) mass is 374 g/mol. The lowest BCUT2D eigenvalue weighted by atomic mass is 10.2. The number of hydrogen-bond donors (Lipinski definition) is 3. The zero-order valence-corrected chi connectivity index (χ0v) is 14.6. The number of hydrogen-bond acceptors (Lipinski definition) is 5. The normalized spacial score (nSPS) is 13.3. The van der Waals surface area contributed by atoms with Crippen molar-refractivity contribution in [3.05, 3.63) is 47.2 Å². The summed E-state index contributed by atoms with van der Waals surface area (Å²) in [5, 5.41) is 13.8. The Morgan fingerprint density at radius 1 is 1.36 bits per heavy atom. The third-order valence-corrected chi connectivity index (χ3v) is 4.82. The molecule has 25 heavy (non-hydrogen) atoms. The molecule has 2 heterocycles. The quantitative estimate of drug-likeness (QED) is 0.596. The van der Waals surface area contributed by atoms with E-state index in [0.717, 1.165) is 11.3 Å². The van der Waals surface area contributed by atoms with Crippen molar-refractivity contribution in [2.75, 3.05) is 5.32 Å². The van der Waals surface area contributed by atoms with E-state index in [1.807, 2.05) is 0 Å². The van der Waals surface area contributed by atoms with Crippen LogP contribution in [0.4, 0.5) is 5.69 Å². The predicted molar refractivity (Wildman–Crippen MR) is 98.5 cm³/mol. The first kappa shape index (κ1) is 17.2. The number of pyridine rings is 1. The van der Waals surface area contributed by atoms with Gasteiger partial charge in [0.25, 0.3) is 0 Å². The van der Waals surface area contributed by atoms with E-state index in [-0.39, 0.29) is 6.54 Å². The van der Waals surface area contributed by atoms with Crippen LogP contribution in [-0.2, 0) is 23.0 Å². The minimum atomic E-state index is -3.20. The van der Waals surface area contributed by atoms with Gasteiger partial charge in [0.05, 0.1) is 16.0 Å². The average Bonchev–Trinajstić information content (AvgIpc) is 2.90. The van der Waals surface area contributed by atoms with Crippen LogP contribution < -0.4 is 10.5 Å². The maximum Gasteiger partial charge on any atom is 0.162 e. The topological polar surface area (TPSA) is 110 Å². The van der Waals surface area contributed by atoms with E-state index in [4.69, 9.17) is 27.9 Å². The van der Waals surface area contributed by atoms with Gasteiger partial charge >= 0.3 is 0 Å². The standard InChI is InChI=1S/C16H15ClN6OS/c1-2-9-23-16-14(15(17)22-23)13(7-8-20-16)21-10-11-3-5-12(6-4-11)25(18,19)24/h1,3-8H,9-10H2,(H,20,21)(H3,18,19,24). The number of terminal acetylenes is 1. The summed E-state index contributed by atoms with van der Waals surface area (Å²) in [6.07, 6.45) is 6.99. The summed E-state index contributed by atoms with van der Waals surface area (Å²) in [7, 11) is -3.20. The SMILES string of the molecule is C#CCn1nc(Cl)c2c(NCc3ccc(S(=N)(N)=O)cc3)ccnc21. The van der Waals surface area contributed by atoms with Crippen LogP contribution in [-0.4, -0.2) is 19.0 Å². The zero-order chi connectivity index (χ0) is 18.0. The molecule has 0 bridgehead atoms. The third-order valence-electron chi connectivity index (χ3n) is 3.59. The van der Waals surface area contributed by atoms with Crippen molar-refractivity contribution in [2.24, 2.45) is 5.14 Å². The Hall–Kier alpha value is -2.60. The van der Waals surface area contributed by atoms with Crippen LogP contribution in [0.2, 0.25) is 5.15 Å². The second-order valence-corrected chi connectivity index (χ2v) is 7.34. The fourth-order valence-corrected chi connectivity index (χ4v) is 3.22. The highest BCUT2D eigenvalue weighted by atomic mass is 35.5. The lowest BCUT2D eigenvalue weighted by Gasteiger charge is -2.09. The maximum atomic E-state index is 11.5. The molecule has 1 unspecified atom stereocenters. The number of fused-ring (bicyclic) bond motifs is 1. The van der Waals surface area contributed by atoms with E-state index in [0.29, 0.717) is 27.6 Å². The van der Waals surface area contributed by atoms with E-state index in [1.54, 1.807) is 41.2 Å². The number of benzene rings is 1. The Bertz CT molecular complexity index is 1070. The molecule has 0 saturated carbocycles. The molecule has 128 valence electrons. The first-order valence-corrected chi connectivity index (χ1v) is 9.24. The van der Waals surface area contributed by atoms with Crippen LogP contribution >= 0.6 is 11.6 Å². The van der Waals surface area contributed by atoms with Crippen molar-refractivity contribution >= 4 is 38.2 Å². The van der Waals surface area contributed by atoms with E-state index < -0.39 is 9.92 Å². The van der Waals surface area contributed by atoms with E-state index >= 15 is 0 Å². The van der Waals surface area contributed by atoms with Gasteiger partial charge in [-0.3, -0.25) is 0 Å². The van der Waals surface area contributed by atoms with Gasteiger partial charge < -0.3 is 5.32 Å². The van der Waals surface area contributed by atoms with E-state index in [2.05, 4.69) is 21.3 Å². The average molecular weight is 375 g/mol. The minimum Gasteiger partial charge on any atom is -0.380 e. The second-order valence-electron chi connectivity index (χ2n) is 5.31. The van der Waals surface area contributed by atoms with Crippen molar-refractivity contribution in [3.8, 4) is 12.3 Å². The summed E-state index contributed by atoms with van der Waals surface area (Å²) in [6, 6.07) is 8.52. The summed E-state index contributed by atoms with van der Waals surface area (Å²) < 4.78 is 20.5. The Balaban J connectivity index is 1.85. The molecular weight excluding hydrogens is 360 g/mol. The lowest BCUT2D eigenvalue weighted by molar-refractivity contribution is 0.676. The molecule has 2 aromatic heterocycles. The number of nitrogens with one attached hydrogen (secondary N) is 2. The van der Waals surface area contributed by atoms with Crippen LogP contribution in [0.3, 0.4) is 0 Å². The largest absolute Gasteiger partial charge is 0.380 e. The van der Waals surface area contributed by atoms with Gasteiger partial charge in [-0.05, 0) is 23.8 Å². The van der Waals surface area contributed by atoms with Gasteiger partial charge in [0.2, 0.25) is 0 Å². The molecular formula is C16H15ClN6OS. The molecule has 0 fully saturated rings. The number of halogens is 1. The molecule has 1 aromatic carbocycles. The molecule has 0 amide bonds. The maximum absolute atomic E-state index is 11.5. The van der Waals surface area contributed by atoms with Crippen LogP contribution in [0.5, 0.6) is 0 Å². The van der Waals surface area contributed by atoms with Gasteiger partial charge in [-0.1, -0.05) is 29.7 Å². The van der Waals surface area contributed by atoms with Crippen molar-refractivity contribution in [1.29, 1.82) is 4.78 Å². The molecule has 0 aliphatic carbocycles. The summed E-state index contributed by atoms with van der Waals surface area (Å²) >= 11 is 6.22. The van der Waals surface area contributed by atoms with Gasteiger partial charge in [-0.25, -0.2) is 23.8 Å². The van der Waals surface area contributed by atoms with Gasteiger partial charge in [-0.2, -0.15) is 5.10 Å². The zero-order valence-electron chi connectivity index (χ0n) is 13.1. The van der Waals surface area contributed by atoms with Gasteiger partial charge in [-0.15, -0.1) is 6.42 Å². The predicted octanol–water partition coefficient (Wildman–Crippen LogP) is 2.61. The summed E-state index contributed by atoms with van der Waals surface area (Å²) in [6.45, 7) is 0.784. The molecule has 0 saturated heterocycles. The second kappa shape index (κ2) is 6.72. The number of aromatic nitrogens is 3. The molecule has 4 N–H and O–H groups in total. The summed E-state index contributed by atoms with van der Waals surface area (Å²) in [4.78, 5) is 4.58. The highest BCUT2D eigenvalue weighted by Gasteiger charge is 2.13. The van der Waals surface area contributed by atoms with Crippen LogP contribution in [0, 0.1) is 17.1 Å². The number of nitrogens with zero attached hydrogens (tertiary/aromatic N) is 3. The minimum absolute atomic E-state index is 0.284. The lowest BCUT2D eigenvalue weighted by Crippen LogP contribution is -2.10. The number of rotatable bonds is 5. The van der Waals surface area contributed by atoms with Crippen LogP contribution in [0.1, 0.15) is 5.56 Å². The fraction of sp³-hybridized carbons (Fsp3) is 0.125. The number of anilines is 1. The Kier molecular flexibility index (Phi) is 4.63. The van der Waals surface area contributed by atoms with Crippen LogP contribution in [0.25, 0.3) is 11.0 Å². The highest BCUT2D eigenvalue weighted by Crippen LogP contribution is 2.29. The van der Waals surface area contributed by atoms with Crippen molar-refractivity contribution < 1.29 is 4.21 Å². The fourth-order valence-electron chi connectivity index (χ4n) is 2.40. The summed E-state index contributed by atoms with van der Waals surface area (Å²) in [5.74, 6) is 2.52. The molecule has 0 aliphatic rings. The van der Waals surface area contributed by atoms with Crippen molar-refractivity contribution in [1.82, 2.24) is 14.8 Å². The van der Waals surface area contributed by atoms with Crippen molar-refractivity contribution in [2.45, 2.75) is 18.0 Å². The van der Waals surface area contributed by atoms with E-state index in [1.165, 1.54) is 0 Å². The number of nitrogens with two attached hydrogens (primary N) is 1. The Morgan fingerprint density at radius 3 is 2.72 bits per heavy atom. The Morgan fingerprint density at radius 2 is 2.08 bits per heavy atom. The van der Waals surface area contributed by atoms with Crippen LogP contribution in [0.15, 0.2) is 41.4 Å². The molecule has 9 heteroatoms. The molecule has 3 aromatic rings. The summed E-state index contributed by atoms with van der Waals surface area (Å²) in [5.41, 5.74) is 2.33. The van der Waals surface area contributed by atoms with Crippen molar-refractivity contribution in [3.63, 3.8) is 0 Å². The Labute approximate surface area is 150 Å². The molecule has 0 radical (unpaired) electrons. The first-order chi connectivity index (χ1) is 11.9. The van der Waals surface area contributed by atoms with Gasteiger partial charge in [0.1, 0.15) is 16.5 Å². The molecule has 7 nitrogen and oxygen atoms in total. The van der Waals surface area contributed by atoms with E-state index in [9.17, 15) is 4.21 Å². The molecule has 0 aliphatic heterocycles. The highest BCUT2D eigenvalue weighted by molar-refractivity contribution is 7.90. The molecule has 3 rings (SSSR count). The van der Waals surface area contributed by atoms with Gasteiger partial charge in [0.15, 0.2) is 10.8 Å². The first-order valence-electron chi connectivity index (χ1n) is 7.24. The molecule has 1 atom stereocenters.